The van der Waals surface area contributed by atoms with Crippen LogP contribution in [0.25, 0.3) is 0 Å². The summed E-state index contributed by atoms with van der Waals surface area (Å²) in [6, 6.07) is 4.69. The van der Waals surface area contributed by atoms with E-state index < -0.39 is 0 Å². The molecule has 0 aromatic carbocycles. The number of rotatable bonds is 2. The van der Waals surface area contributed by atoms with Gasteiger partial charge >= 0.3 is 0 Å². The lowest BCUT2D eigenvalue weighted by Gasteiger charge is -2.46. The van der Waals surface area contributed by atoms with Gasteiger partial charge in [-0.15, -0.1) is 0 Å². The number of pyridine rings is 2. The predicted octanol–water partition coefficient (Wildman–Crippen LogP) is 6.60. The van der Waals surface area contributed by atoms with Crippen LogP contribution in [0, 0.1) is 10.8 Å². The molecule has 2 aromatic rings. The highest BCUT2D eigenvalue weighted by molar-refractivity contribution is 5.41. The number of nitrogens with two attached hydrogens (primary N) is 2. The standard InChI is InChI=1S/2C16H22N2O/c2*1-15(2)7-12(15)10-6-11-13(17)8-16(4-3-5-16)19-14(11)18-9-10/h2*6,9,12-13H,3-5,7-8,17H2,1-2H3/t12-,13+;12-,13-/m10/s1. The summed E-state index contributed by atoms with van der Waals surface area (Å²) < 4.78 is 12.3. The zero-order valence-electron chi connectivity index (χ0n) is 23.6. The Bertz CT molecular complexity index is 1160. The van der Waals surface area contributed by atoms with Crippen molar-refractivity contribution in [3.05, 3.63) is 46.8 Å². The van der Waals surface area contributed by atoms with Crippen LogP contribution in [0.1, 0.15) is 138 Å². The lowest BCUT2D eigenvalue weighted by atomic mass is 9.73. The topological polar surface area (TPSA) is 96.3 Å². The molecule has 0 unspecified atom stereocenters. The Kier molecular flexibility index (Phi) is 5.34. The van der Waals surface area contributed by atoms with E-state index in [2.05, 4.69) is 49.8 Å². The Balaban J connectivity index is 0.000000127. The van der Waals surface area contributed by atoms with Gasteiger partial charge in [-0.1, -0.05) is 27.7 Å². The normalized spacial score (nSPS) is 33.2. The van der Waals surface area contributed by atoms with Crippen LogP contribution in [-0.2, 0) is 0 Å². The molecule has 204 valence electrons. The third-order valence-electron chi connectivity index (χ3n) is 10.8. The summed E-state index contributed by atoms with van der Waals surface area (Å²) >= 11 is 0. The van der Waals surface area contributed by atoms with Crippen molar-refractivity contribution < 1.29 is 9.47 Å². The molecule has 2 spiro atoms. The second-order valence-corrected chi connectivity index (χ2v) is 14.7. The highest BCUT2D eigenvalue weighted by Gasteiger charge is 2.50. The fourth-order valence-corrected chi connectivity index (χ4v) is 7.40. The molecule has 4 aliphatic carbocycles. The molecule has 4 fully saturated rings. The Morgan fingerprint density at radius 3 is 1.32 bits per heavy atom. The molecule has 8 rings (SSSR count). The molecule has 6 heteroatoms. The second-order valence-electron chi connectivity index (χ2n) is 14.7. The van der Waals surface area contributed by atoms with Crippen molar-refractivity contribution >= 4 is 0 Å². The molecular formula is C32H44N4O2. The van der Waals surface area contributed by atoms with E-state index in [9.17, 15) is 0 Å². The Hall–Kier alpha value is -2.18. The number of nitrogens with zero attached hydrogens (tertiary/aromatic N) is 2. The quantitative estimate of drug-likeness (QED) is 0.467. The smallest absolute Gasteiger partial charge is 0.218 e. The molecule has 38 heavy (non-hydrogen) atoms. The molecule has 4 N–H and O–H groups in total. The summed E-state index contributed by atoms with van der Waals surface area (Å²) in [5.74, 6) is 2.88. The van der Waals surface area contributed by atoms with E-state index in [1.807, 2.05) is 12.4 Å². The zero-order valence-corrected chi connectivity index (χ0v) is 23.6. The predicted molar refractivity (Wildman–Crippen MR) is 148 cm³/mol. The lowest BCUT2D eigenvalue weighted by molar-refractivity contribution is -0.0372. The van der Waals surface area contributed by atoms with Crippen molar-refractivity contribution in [2.45, 2.75) is 127 Å². The molecule has 4 saturated carbocycles. The number of fused-ring (bicyclic) bond motifs is 2. The molecule has 2 aliphatic heterocycles. The molecule has 6 nitrogen and oxygen atoms in total. The monoisotopic (exact) mass is 516 g/mol. The van der Waals surface area contributed by atoms with E-state index in [1.54, 1.807) is 0 Å². The van der Waals surface area contributed by atoms with E-state index in [0.717, 1.165) is 61.4 Å². The highest BCUT2D eigenvalue weighted by Crippen LogP contribution is 2.60. The van der Waals surface area contributed by atoms with E-state index in [1.165, 1.54) is 36.8 Å². The molecule has 4 heterocycles. The van der Waals surface area contributed by atoms with Crippen LogP contribution in [-0.4, -0.2) is 21.2 Å². The van der Waals surface area contributed by atoms with Gasteiger partial charge in [0.1, 0.15) is 11.2 Å². The molecule has 2 aromatic heterocycles. The van der Waals surface area contributed by atoms with Crippen LogP contribution in [0.5, 0.6) is 11.8 Å². The van der Waals surface area contributed by atoms with Crippen LogP contribution in [0.4, 0.5) is 0 Å². The van der Waals surface area contributed by atoms with E-state index in [-0.39, 0.29) is 23.3 Å². The van der Waals surface area contributed by atoms with Gasteiger partial charge in [0.25, 0.3) is 0 Å². The lowest BCUT2D eigenvalue weighted by Crippen LogP contribution is -2.48. The van der Waals surface area contributed by atoms with Gasteiger partial charge in [-0.25, -0.2) is 9.97 Å². The van der Waals surface area contributed by atoms with E-state index in [0.29, 0.717) is 22.7 Å². The largest absolute Gasteiger partial charge is 0.471 e. The van der Waals surface area contributed by atoms with Gasteiger partial charge in [0, 0.05) is 48.4 Å². The summed E-state index contributed by atoms with van der Waals surface area (Å²) in [6.07, 6.45) is 15.5. The first-order valence-corrected chi connectivity index (χ1v) is 14.9. The average molecular weight is 517 g/mol. The molecule has 0 radical (unpaired) electrons. The zero-order chi connectivity index (χ0) is 26.5. The van der Waals surface area contributed by atoms with Crippen molar-refractivity contribution in [2.75, 3.05) is 0 Å². The Labute approximate surface area is 227 Å². The molecule has 0 saturated heterocycles. The molecule has 0 amide bonds. The van der Waals surface area contributed by atoms with Crippen LogP contribution in [0.2, 0.25) is 0 Å². The highest BCUT2D eigenvalue weighted by atomic mass is 16.5. The van der Waals surface area contributed by atoms with Crippen LogP contribution >= 0.6 is 0 Å². The minimum absolute atomic E-state index is 0.0137. The number of aromatic nitrogens is 2. The maximum Gasteiger partial charge on any atom is 0.218 e. The van der Waals surface area contributed by atoms with Crippen molar-refractivity contribution in [2.24, 2.45) is 22.3 Å². The SMILES string of the molecule is CC1(C)C[C@@H]1c1cnc2c(c1)[C@@H](N)CC1(CCC1)O2.CC1(C)C[C@H]1c1cnc2c(c1)[C@@H](N)CC1(CCC1)O2. The third kappa shape index (κ3) is 4.14. The minimum atomic E-state index is 0.0137. The first-order chi connectivity index (χ1) is 18.0. The van der Waals surface area contributed by atoms with Crippen molar-refractivity contribution in [1.29, 1.82) is 0 Å². The number of hydrogen-bond donors (Lipinski definition) is 2. The summed E-state index contributed by atoms with van der Waals surface area (Å²) in [5, 5.41) is 0. The van der Waals surface area contributed by atoms with Gasteiger partial charge in [-0.2, -0.15) is 0 Å². The summed E-state index contributed by atoms with van der Waals surface area (Å²) in [4.78, 5) is 9.14. The van der Waals surface area contributed by atoms with Gasteiger partial charge in [0.15, 0.2) is 0 Å². The van der Waals surface area contributed by atoms with Gasteiger partial charge < -0.3 is 20.9 Å². The van der Waals surface area contributed by atoms with Crippen LogP contribution in [0.15, 0.2) is 24.5 Å². The van der Waals surface area contributed by atoms with Crippen molar-refractivity contribution in [1.82, 2.24) is 9.97 Å². The molecule has 6 aliphatic rings. The maximum absolute atomic E-state index is 6.37. The summed E-state index contributed by atoms with van der Waals surface area (Å²) in [7, 11) is 0. The van der Waals surface area contributed by atoms with Crippen molar-refractivity contribution in [3.8, 4) is 11.8 Å². The fourth-order valence-electron chi connectivity index (χ4n) is 7.40. The van der Waals surface area contributed by atoms with E-state index in [4.69, 9.17) is 20.9 Å². The van der Waals surface area contributed by atoms with Crippen molar-refractivity contribution in [3.63, 3.8) is 0 Å². The first kappa shape index (κ1) is 24.8. The third-order valence-corrected chi connectivity index (χ3v) is 10.8. The van der Waals surface area contributed by atoms with Crippen LogP contribution < -0.4 is 20.9 Å². The van der Waals surface area contributed by atoms with Crippen LogP contribution in [0.3, 0.4) is 0 Å². The minimum Gasteiger partial charge on any atom is -0.471 e. The second kappa shape index (κ2) is 8.17. The van der Waals surface area contributed by atoms with Gasteiger partial charge in [-0.3, -0.25) is 0 Å². The average Bonchev–Trinajstić information content (AvgIpc) is 3.69. The molecule has 0 bridgehead atoms. The van der Waals surface area contributed by atoms with Gasteiger partial charge in [0.2, 0.25) is 11.8 Å². The molecular weight excluding hydrogens is 472 g/mol. The fraction of sp³-hybridized carbons (Fsp3) is 0.688. The van der Waals surface area contributed by atoms with Gasteiger partial charge in [0.05, 0.1) is 0 Å². The first-order valence-electron chi connectivity index (χ1n) is 14.9. The summed E-state index contributed by atoms with van der Waals surface area (Å²) in [5.41, 5.74) is 18.6. The molecule has 4 atom stereocenters. The van der Waals surface area contributed by atoms with E-state index >= 15 is 0 Å². The van der Waals surface area contributed by atoms with Gasteiger partial charge in [-0.05, 0) is 97.3 Å². The number of ether oxygens (including phenoxy) is 2. The number of hydrogen-bond acceptors (Lipinski definition) is 6. The Morgan fingerprint density at radius 2 is 1.03 bits per heavy atom. The Morgan fingerprint density at radius 1 is 0.658 bits per heavy atom. The summed E-state index contributed by atoms with van der Waals surface area (Å²) in [6.45, 7) is 9.27. The maximum atomic E-state index is 6.37.